The number of methoxy groups -OCH3 is 1. The van der Waals surface area contributed by atoms with Gasteiger partial charge in [-0.1, -0.05) is 57.5 Å². The molecule has 0 spiro atoms. The molecule has 0 aliphatic carbocycles. The lowest BCUT2D eigenvalue weighted by Gasteiger charge is -2.24. The zero-order valence-corrected chi connectivity index (χ0v) is 21.4. The first-order valence-electron chi connectivity index (χ1n) is 12.3. The molecule has 3 amide bonds. The highest BCUT2D eigenvalue weighted by molar-refractivity contribution is 5.88. The number of nitrogens with zero attached hydrogens (tertiary/aromatic N) is 1. The van der Waals surface area contributed by atoms with Crippen LogP contribution in [0, 0.1) is 11.8 Å². The lowest BCUT2D eigenvalue weighted by molar-refractivity contribution is -0.135. The van der Waals surface area contributed by atoms with Crippen LogP contribution in [-0.4, -0.2) is 42.8 Å². The van der Waals surface area contributed by atoms with Gasteiger partial charge in [0, 0.05) is 25.4 Å². The predicted octanol–water partition coefficient (Wildman–Crippen LogP) is 4.14. The van der Waals surface area contributed by atoms with Crippen molar-refractivity contribution in [3.05, 3.63) is 54.1 Å². The number of amides is 3. The second-order valence-electron chi connectivity index (χ2n) is 9.31. The highest BCUT2D eigenvalue weighted by Crippen LogP contribution is 2.24. The van der Waals surface area contributed by atoms with Crippen LogP contribution in [0.15, 0.2) is 48.5 Å². The fourth-order valence-electron chi connectivity index (χ4n) is 4.01. The van der Waals surface area contributed by atoms with Crippen LogP contribution >= 0.6 is 0 Å². The van der Waals surface area contributed by atoms with Crippen LogP contribution in [0.4, 0.5) is 0 Å². The number of ether oxygens (including phenoxy) is 1. The lowest BCUT2D eigenvalue weighted by atomic mass is 9.93. The van der Waals surface area contributed by atoms with Crippen molar-refractivity contribution in [2.45, 2.75) is 53.0 Å². The van der Waals surface area contributed by atoms with Gasteiger partial charge in [-0.05, 0) is 53.6 Å². The quantitative estimate of drug-likeness (QED) is 0.423. The topological polar surface area (TPSA) is 102 Å². The monoisotopic (exact) mass is 481 g/mol. The van der Waals surface area contributed by atoms with Crippen LogP contribution < -0.4 is 15.8 Å². The normalized spacial score (nSPS) is 11.7. The molecule has 0 bridgehead atoms. The molecule has 0 aliphatic rings. The number of hydrogen-bond acceptors (Lipinski definition) is 4. The van der Waals surface area contributed by atoms with Crippen molar-refractivity contribution in [3.63, 3.8) is 0 Å². The van der Waals surface area contributed by atoms with Gasteiger partial charge in [-0.3, -0.25) is 14.4 Å². The van der Waals surface area contributed by atoms with Gasteiger partial charge in [0.2, 0.25) is 17.7 Å². The molecule has 2 rings (SSSR count). The van der Waals surface area contributed by atoms with E-state index in [2.05, 4.69) is 18.3 Å². The van der Waals surface area contributed by atoms with E-state index < -0.39 is 11.8 Å². The van der Waals surface area contributed by atoms with Gasteiger partial charge in [-0.15, -0.1) is 0 Å². The molecular formula is C28H39N3O4. The van der Waals surface area contributed by atoms with Crippen molar-refractivity contribution >= 4 is 17.7 Å². The van der Waals surface area contributed by atoms with E-state index >= 15 is 0 Å². The second kappa shape index (κ2) is 14.1. The summed E-state index contributed by atoms with van der Waals surface area (Å²) in [5.41, 5.74) is 8.46. The largest absolute Gasteiger partial charge is 0.497 e. The molecule has 0 aliphatic heterocycles. The summed E-state index contributed by atoms with van der Waals surface area (Å²) in [5, 5.41) is 2.73. The Labute approximate surface area is 209 Å². The zero-order chi connectivity index (χ0) is 25.8. The van der Waals surface area contributed by atoms with E-state index in [1.165, 1.54) is 0 Å². The molecule has 3 N–H and O–H groups in total. The SMILES string of the molecule is CCCCN(Cc1cccc(-c2ccc(OC)cc2)c1)C(=O)CNC(=O)[C@@H](CC(N)=O)CC(C)C. The van der Waals surface area contributed by atoms with E-state index in [1.54, 1.807) is 12.0 Å². The van der Waals surface area contributed by atoms with Crippen LogP contribution in [0.1, 0.15) is 52.0 Å². The van der Waals surface area contributed by atoms with Crippen molar-refractivity contribution in [2.75, 3.05) is 20.2 Å². The number of benzene rings is 2. The van der Waals surface area contributed by atoms with Gasteiger partial charge >= 0.3 is 0 Å². The first-order valence-corrected chi connectivity index (χ1v) is 12.3. The van der Waals surface area contributed by atoms with E-state index in [1.807, 2.05) is 56.3 Å². The van der Waals surface area contributed by atoms with Gasteiger partial charge in [0.25, 0.3) is 0 Å². The number of primary amides is 1. The Morgan fingerprint density at radius 3 is 2.37 bits per heavy atom. The number of nitrogens with one attached hydrogen (secondary N) is 1. The Hall–Kier alpha value is -3.35. The van der Waals surface area contributed by atoms with Crippen molar-refractivity contribution in [1.82, 2.24) is 10.2 Å². The van der Waals surface area contributed by atoms with Crippen molar-refractivity contribution in [3.8, 4) is 16.9 Å². The minimum absolute atomic E-state index is 0.0180. The third kappa shape index (κ3) is 9.43. The molecule has 0 aromatic heterocycles. The van der Waals surface area contributed by atoms with Gasteiger partial charge in [0.05, 0.1) is 13.7 Å². The van der Waals surface area contributed by atoms with Crippen LogP contribution in [-0.2, 0) is 20.9 Å². The number of carbonyl (C=O) groups is 3. The lowest BCUT2D eigenvalue weighted by Crippen LogP contribution is -2.43. The summed E-state index contributed by atoms with van der Waals surface area (Å²) < 4.78 is 5.24. The van der Waals surface area contributed by atoms with E-state index in [0.29, 0.717) is 19.5 Å². The Morgan fingerprint density at radius 1 is 1.06 bits per heavy atom. The maximum absolute atomic E-state index is 13.1. The second-order valence-corrected chi connectivity index (χ2v) is 9.31. The number of carbonyl (C=O) groups excluding carboxylic acids is 3. The molecule has 7 nitrogen and oxygen atoms in total. The molecule has 2 aromatic rings. The van der Waals surface area contributed by atoms with Gasteiger partial charge in [0.1, 0.15) is 5.75 Å². The van der Waals surface area contributed by atoms with E-state index in [9.17, 15) is 14.4 Å². The first kappa shape index (κ1) is 27.9. The standard InChI is InChI=1S/C28H39N3O4/c1-5-6-14-31(27(33)18-30-28(34)24(15-20(2)3)17-26(29)32)19-21-8-7-9-23(16-21)22-10-12-25(35-4)13-11-22/h7-13,16,20,24H,5-6,14-15,17-19H2,1-4H3,(H2,29,32)(H,30,34)/t24-/m1/s1. The minimum Gasteiger partial charge on any atom is -0.497 e. The number of unbranched alkanes of at least 4 members (excludes halogenated alkanes) is 1. The Bertz CT molecular complexity index is 972. The van der Waals surface area contributed by atoms with E-state index in [0.717, 1.165) is 35.3 Å². The average Bonchev–Trinajstić information content (AvgIpc) is 2.84. The van der Waals surface area contributed by atoms with Crippen molar-refractivity contribution < 1.29 is 19.1 Å². The highest BCUT2D eigenvalue weighted by Gasteiger charge is 2.23. The third-order valence-electron chi connectivity index (χ3n) is 5.85. The maximum atomic E-state index is 13.1. The molecule has 0 saturated heterocycles. The number of rotatable bonds is 14. The van der Waals surface area contributed by atoms with Crippen LogP contribution in [0.5, 0.6) is 5.75 Å². The first-order chi connectivity index (χ1) is 16.7. The van der Waals surface area contributed by atoms with E-state index in [4.69, 9.17) is 10.5 Å². The smallest absolute Gasteiger partial charge is 0.242 e. The predicted molar refractivity (Wildman–Crippen MR) is 139 cm³/mol. The van der Waals surface area contributed by atoms with Crippen molar-refractivity contribution in [2.24, 2.45) is 17.6 Å². The molecule has 0 heterocycles. The maximum Gasteiger partial charge on any atom is 0.242 e. The number of hydrogen-bond donors (Lipinski definition) is 2. The summed E-state index contributed by atoms with van der Waals surface area (Å²) in [6.45, 7) is 7.01. The molecule has 7 heteroatoms. The molecule has 0 fully saturated rings. The Balaban J connectivity index is 2.08. The van der Waals surface area contributed by atoms with Gasteiger partial charge in [-0.2, -0.15) is 0 Å². The molecule has 0 unspecified atom stereocenters. The fourth-order valence-corrected chi connectivity index (χ4v) is 4.01. The van der Waals surface area contributed by atoms with E-state index in [-0.39, 0.29) is 30.7 Å². The Kier molecular flexibility index (Phi) is 11.3. The van der Waals surface area contributed by atoms with Gasteiger partial charge in [-0.25, -0.2) is 0 Å². The third-order valence-corrected chi connectivity index (χ3v) is 5.85. The summed E-state index contributed by atoms with van der Waals surface area (Å²) in [6, 6.07) is 16.0. The average molecular weight is 482 g/mol. The molecular weight excluding hydrogens is 442 g/mol. The number of nitrogens with two attached hydrogens (primary N) is 1. The van der Waals surface area contributed by atoms with Gasteiger partial charge < -0.3 is 20.7 Å². The minimum atomic E-state index is -0.523. The Morgan fingerprint density at radius 2 is 1.77 bits per heavy atom. The fraction of sp³-hybridized carbons (Fsp3) is 0.464. The summed E-state index contributed by atoms with van der Waals surface area (Å²) in [7, 11) is 1.64. The van der Waals surface area contributed by atoms with Crippen LogP contribution in [0.2, 0.25) is 0 Å². The van der Waals surface area contributed by atoms with Crippen LogP contribution in [0.3, 0.4) is 0 Å². The molecule has 0 saturated carbocycles. The zero-order valence-electron chi connectivity index (χ0n) is 21.4. The molecule has 35 heavy (non-hydrogen) atoms. The summed E-state index contributed by atoms with van der Waals surface area (Å²) in [5.74, 6) is -0.453. The summed E-state index contributed by atoms with van der Waals surface area (Å²) >= 11 is 0. The molecule has 0 radical (unpaired) electrons. The summed E-state index contributed by atoms with van der Waals surface area (Å²) in [6.07, 6.45) is 2.35. The van der Waals surface area contributed by atoms with Gasteiger partial charge in [0.15, 0.2) is 0 Å². The molecule has 2 aromatic carbocycles. The molecule has 190 valence electrons. The summed E-state index contributed by atoms with van der Waals surface area (Å²) in [4.78, 5) is 38.9. The molecule has 1 atom stereocenters. The van der Waals surface area contributed by atoms with Crippen molar-refractivity contribution in [1.29, 1.82) is 0 Å². The van der Waals surface area contributed by atoms with Crippen LogP contribution in [0.25, 0.3) is 11.1 Å². The highest BCUT2D eigenvalue weighted by atomic mass is 16.5.